The van der Waals surface area contributed by atoms with Crippen molar-refractivity contribution in [2.45, 2.75) is 65.2 Å². The van der Waals surface area contributed by atoms with E-state index in [-0.39, 0.29) is 36.0 Å². The number of nitrogens with zero attached hydrogens (tertiary/aromatic N) is 2. The van der Waals surface area contributed by atoms with Crippen LogP contribution >= 0.6 is 24.0 Å². The van der Waals surface area contributed by atoms with Crippen LogP contribution in [0.4, 0.5) is 0 Å². The van der Waals surface area contributed by atoms with Crippen molar-refractivity contribution in [3.05, 3.63) is 0 Å². The van der Waals surface area contributed by atoms with Gasteiger partial charge < -0.3 is 20.6 Å². The molecule has 5 nitrogen and oxygen atoms in total. The molecule has 0 heterocycles. The summed E-state index contributed by atoms with van der Waals surface area (Å²) in [6.45, 7) is 9.43. The van der Waals surface area contributed by atoms with Gasteiger partial charge in [0.25, 0.3) is 0 Å². The molecule has 0 amide bonds. The van der Waals surface area contributed by atoms with Gasteiger partial charge in [0.15, 0.2) is 5.96 Å². The number of rotatable bonds is 11. The van der Waals surface area contributed by atoms with E-state index in [1.54, 1.807) is 0 Å². The highest BCUT2D eigenvalue weighted by Crippen LogP contribution is 2.39. The van der Waals surface area contributed by atoms with E-state index < -0.39 is 0 Å². The Labute approximate surface area is 172 Å². The number of guanidine groups is 1. The number of unbranched alkanes of at least 4 members (excludes halogenated alkanes) is 1. The molecule has 150 valence electrons. The lowest BCUT2D eigenvalue weighted by molar-refractivity contribution is 0.137. The zero-order valence-corrected chi connectivity index (χ0v) is 19.0. The van der Waals surface area contributed by atoms with E-state index in [2.05, 4.69) is 36.4 Å². The van der Waals surface area contributed by atoms with Crippen LogP contribution in [-0.4, -0.2) is 62.3 Å². The quantitative estimate of drug-likeness (QED) is 0.248. The maximum atomic E-state index is 9.44. The summed E-state index contributed by atoms with van der Waals surface area (Å²) in [7, 11) is 2.18. The number of likely N-dealkylation sites (N-methyl/N-ethyl adjacent to an activating group) is 1. The molecule has 25 heavy (non-hydrogen) atoms. The predicted molar refractivity (Wildman–Crippen MR) is 119 cm³/mol. The first-order valence-electron chi connectivity index (χ1n) is 9.97. The van der Waals surface area contributed by atoms with E-state index in [4.69, 9.17) is 4.99 Å². The lowest BCUT2D eigenvalue weighted by atomic mass is 9.72. The van der Waals surface area contributed by atoms with Gasteiger partial charge in [-0.3, -0.25) is 4.99 Å². The fourth-order valence-corrected chi connectivity index (χ4v) is 3.52. The van der Waals surface area contributed by atoms with Crippen LogP contribution < -0.4 is 10.6 Å². The monoisotopic (exact) mass is 468 g/mol. The minimum Gasteiger partial charge on any atom is -0.396 e. The van der Waals surface area contributed by atoms with Gasteiger partial charge in [-0.15, -0.1) is 24.0 Å². The van der Waals surface area contributed by atoms with E-state index in [0.717, 1.165) is 45.1 Å². The second kappa shape index (κ2) is 15.0. The highest BCUT2D eigenvalue weighted by atomic mass is 127. The van der Waals surface area contributed by atoms with E-state index in [9.17, 15) is 5.11 Å². The largest absolute Gasteiger partial charge is 0.396 e. The average molecular weight is 468 g/mol. The normalized spacial score (nSPS) is 17.2. The Morgan fingerprint density at radius 3 is 2.44 bits per heavy atom. The Hall–Kier alpha value is -0.0800. The van der Waals surface area contributed by atoms with Gasteiger partial charge in [0.1, 0.15) is 0 Å². The Balaban J connectivity index is 0.00000576. The van der Waals surface area contributed by atoms with Crippen LogP contribution in [0.3, 0.4) is 0 Å². The molecule has 3 N–H and O–H groups in total. The fraction of sp³-hybridized carbons (Fsp3) is 0.947. The molecule has 1 rings (SSSR count). The SMILES string of the molecule is CCCCN(C)CCNC(=NCC1(CCO)CCCCC1)NCC.I. The Morgan fingerprint density at radius 2 is 1.84 bits per heavy atom. The van der Waals surface area contributed by atoms with Crippen LogP contribution in [0.5, 0.6) is 0 Å². The predicted octanol–water partition coefficient (Wildman–Crippen LogP) is 3.22. The zero-order chi connectivity index (χ0) is 17.7. The molecule has 0 aromatic rings. The molecule has 1 aliphatic rings. The summed E-state index contributed by atoms with van der Waals surface area (Å²) in [6, 6.07) is 0. The Morgan fingerprint density at radius 1 is 1.12 bits per heavy atom. The molecule has 0 radical (unpaired) electrons. The third-order valence-corrected chi connectivity index (χ3v) is 5.15. The van der Waals surface area contributed by atoms with Crippen molar-refractivity contribution in [3.63, 3.8) is 0 Å². The molecule has 0 aromatic carbocycles. The fourth-order valence-electron chi connectivity index (χ4n) is 3.52. The molecular formula is C19H41IN4O. The average Bonchev–Trinajstić information content (AvgIpc) is 2.59. The van der Waals surface area contributed by atoms with Crippen molar-refractivity contribution in [1.29, 1.82) is 0 Å². The lowest BCUT2D eigenvalue weighted by Crippen LogP contribution is -2.42. The molecular weight excluding hydrogens is 427 g/mol. The standard InChI is InChI=1S/C19H40N4O.HI/c1-4-6-14-23(3)15-13-21-18(20-5-2)22-17-19(12-16-24)10-8-7-9-11-19;/h24H,4-17H2,1-3H3,(H2,20,21,22);1H. The zero-order valence-electron chi connectivity index (χ0n) is 16.6. The minimum absolute atomic E-state index is 0. The van der Waals surface area contributed by atoms with Crippen molar-refractivity contribution in [1.82, 2.24) is 15.5 Å². The highest BCUT2D eigenvalue weighted by molar-refractivity contribution is 14.0. The van der Waals surface area contributed by atoms with Gasteiger partial charge in [-0.25, -0.2) is 0 Å². The Kier molecular flexibility index (Phi) is 15.0. The van der Waals surface area contributed by atoms with Crippen LogP contribution in [0.25, 0.3) is 0 Å². The summed E-state index contributed by atoms with van der Waals surface area (Å²) in [5.41, 5.74) is 0.216. The van der Waals surface area contributed by atoms with E-state index >= 15 is 0 Å². The molecule has 0 aromatic heterocycles. The first-order valence-corrected chi connectivity index (χ1v) is 9.97. The van der Waals surface area contributed by atoms with E-state index in [1.807, 2.05) is 0 Å². The third-order valence-electron chi connectivity index (χ3n) is 5.15. The maximum Gasteiger partial charge on any atom is 0.191 e. The van der Waals surface area contributed by atoms with Gasteiger partial charge in [0.2, 0.25) is 0 Å². The van der Waals surface area contributed by atoms with Crippen LogP contribution in [0.2, 0.25) is 0 Å². The summed E-state index contributed by atoms with van der Waals surface area (Å²) >= 11 is 0. The first-order chi connectivity index (χ1) is 11.7. The second-order valence-electron chi connectivity index (χ2n) is 7.31. The van der Waals surface area contributed by atoms with Gasteiger partial charge in [-0.05, 0) is 51.6 Å². The molecule has 0 bridgehead atoms. The van der Waals surface area contributed by atoms with Crippen molar-refractivity contribution >= 4 is 29.9 Å². The minimum atomic E-state index is 0. The number of hydrogen-bond donors (Lipinski definition) is 3. The van der Waals surface area contributed by atoms with E-state index in [0.29, 0.717) is 0 Å². The highest BCUT2D eigenvalue weighted by Gasteiger charge is 2.31. The third kappa shape index (κ3) is 10.6. The molecule has 1 fully saturated rings. The molecule has 0 unspecified atom stereocenters. The van der Waals surface area contributed by atoms with Crippen molar-refractivity contribution in [3.8, 4) is 0 Å². The van der Waals surface area contributed by atoms with Gasteiger partial charge in [-0.1, -0.05) is 32.6 Å². The van der Waals surface area contributed by atoms with Gasteiger partial charge in [0.05, 0.1) is 0 Å². The van der Waals surface area contributed by atoms with Crippen LogP contribution in [0, 0.1) is 5.41 Å². The summed E-state index contributed by atoms with van der Waals surface area (Å²) in [5, 5.41) is 16.3. The number of aliphatic hydroxyl groups is 1. The van der Waals surface area contributed by atoms with Crippen molar-refractivity contribution in [2.75, 3.05) is 46.4 Å². The first kappa shape index (κ1) is 24.9. The van der Waals surface area contributed by atoms with Crippen molar-refractivity contribution < 1.29 is 5.11 Å². The number of aliphatic hydroxyl groups excluding tert-OH is 1. The summed E-state index contributed by atoms with van der Waals surface area (Å²) in [6.07, 6.45) is 9.69. The molecule has 0 spiro atoms. The van der Waals surface area contributed by atoms with Crippen LogP contribution in [0.1, 0.15) is 65.2 Å². The van der Waals surface area contributed by atoms with Crippen LogP contribution in [0.15, 0.2) is 4.99 Å². The molecule has 1 saturated carbocycles. The summed E-state index contributed by atoms with van der Waals surface area (Å²) in [4.78, 5) is 7.22. The number of hydrogen-bond acceptors (Lipinski definition) is 3. The maximum absolute atomic E-state index is 9.44. The molecule has 1 aliphatic carbocycles. The topological polar surface area (TPSA) is 59.9 Å². The number of nitrogens with one attached hydrogen (secondary N) is 2. The number of halogens is 1. The molecule has 6 heteroatoms. The molecule has 0 saturated heterocycles. The van der Waals surface area contributed by atoms with Gasteiger partial charge in [-0.2, -0.15) is 0 Å². The second-order valence-corrected chi connectivity index (χ2v) is 7.31. The lowest BCUT2D eigenvalue weighted by Gasteiger charge is -2.35. The van der Waals surface area contributed by atoms with Gasteiger partial charge in [0, 0.05) is 32.8 Å². The van der Waals surface area contributed by atoms with Crippen molar-refractivity contribution in [2.24, 2.45) is 10.4 Å². The number of aliphatic imine (C=N–C) groups is 1. The summed E-state index contributed by atoms with van der Waals surface area (Å²) in [5.74, 6) is 0.921. The molecule has 0 aliphatic heterocycles. The van der Waals surface area contributed by atoms with E-state index in [1.165, 1.54) is 44.9 Å². The van der Waals surface area contributed by atoms with Crippen LogP contribution in [-0.2, 0) is 0 Å². The van der Waals surface area contributed by atoms with Gasteiger partial charge >= 0.3 is 0 Å². The Bertz CT molecular complexity index is 341. The smallest absolute Gasteiger partial charge is 0.191 e. The molecule has 0 atom stereocenters. The summed E-state index contributed by atoms with van der Waals surface area (Å²) < 4.78 is 0.